The van der Waals surface area contributed by atoms with Gasteiger partial charge in [0.2, 0.25) is 11.1 Å². The Balaban J connectivity index is 1.69. The summed E-state index contributed by atoms with van der Waals surface area (Å²) in [5.41, 5.74) is 0.819. The SMILES string of the molecule is CC(C)(C)N(Cc1ccccc1)C(=O)CSc1nnc(-c2cccs2)n1N. The zero-order valence-corrected chi connectivity index (χ0v) is 17.3. The molecule has 6 nitrogen and oxygen atoms in total. The molecule has 3 aromatic rings. The van der Waals surface area contributed by atoms with Gasteiger partial charge in [-0.15, -0.1) is 21.5 Å². The van der Waals surface area contributed by atoms with Gasteiger partial charge in [-0.1, -0.05) is 48.2 Å². The number of nitrogens with zero attached hydrogens (tertiary/aromatic N) is 4. The lowest BCUT2D eigenvalue weighted by atomic mass is 10.0. The number of nitrogen functional groups attached to an aromatic ring is 1. The van der Waals surface area contributed by atoms with Crippen molar-refractivity contribution in [3.05, 3.63) is 53.4 Å². The van der Waals surface area contributed by atoms with E-state index < -0.39 is 0 Å². The van der Waals surface area contributed by atoms with Gasteiger partial charge in [0, 0.05) is 12.1 Å². The molecule has 1 aromatic carbocycles. The predicted molar refractivity (Wildman–Crippen MR) is 111 cm³/mol. The van der Waals surface area contributed by atoms with Crippen LogP contribution in [-0.2, 0) is 11.3 Å². The van der Waals surface area contributed by atoms with Gasteiger partial charge in [0.25, 0.3) is 0 Å². The highest BCUT2D eigenvalue weighted by atomic mass is 32.2. The summed E-state index contributed by atoms with van der Waals surface area (Å²) in [7, 11) is 0. The van der Waals surface area contributed by atoms with Crippen LogP contribution in [0.3, 0.4) is 0 Å². The lowest BCUT2D eigenvalue weighted by molar-refractivity contribution is -0.133. The second kappa shape index (κ2) is 8.14. The number of hydrogen-bond donors (Lipinski definition) is 1. The summed E-state index contributed by atoms with van der Waals surface area (Å²) in [6, 6.07) is 13.9. The summed E-state index contributed by atoms with van der Waals surface area (Å²) in [5, 5.41) is 10.8. The lowest BCUT2D eigenvalue weighted by Gasteiger charge is -2.36. The minimum Gasteiger partial charge on any atom is -0.335 e. The molecule has 0 aliphatic carbocycles. The molecule has 0 aliphatic rings. The normalized spacial score (nSPS) is 11.5. The van der Waals surface area contributed by atoms with Crippen LogP contribution in [0.2, 0.25) is 0 Å². The lowest BCUT2D eigenvalue weighted by Crippen LogP contribution is -2.46. The number of rotatable bonds is 6. The Morgan fingerprint density at radius 2 is 1.93 bits per heavy atom. The molecular weight excluding hydrogens is 378 g/mol. The van der Waals surface area contributed by atoms with E-state index in [1.165, 1.54) is 16.4 Å². The zero-order valence-electron chi connectivity index (χ0n) is 15.6. The van der Waals surface area contributed by atoms with Crippen LogP contribution < -0.4 is 5.84 Å². The molecule has 0 aliphatic heterocycles. The topological polar surface area (TPSA) is 77.0 Å². The molecule has 1 amide bonds. The fourth-order valence-electron chi connectivity index (χ4n) is 2.62. The number of thioether (sulfide) groups is 1. The predicted octanol–water partition coefficient (Wildman–Crippen LogP) is 3.64. The standard InChI is InChI=1S/C19H23N5OS2/c1-19(2,3)23(12-14-8-5-4-6-9-14)16(25)13-27-18-22-21-17(24(18)20)15-10-7-11-26-15/h4-11H,12-13,20H2,1-3H3. The van der Waals surface area contributed by atoms with E-state index in [1.807, 2.05) is 73.5 Å². The Hall–Kier alpha value is -2.32. The summed E-state index contributed by atoms with van der Waals surface area (Å²) >= 11 is 2.86. The first-order chi connectivity index (χ1) is 12.9. The molecular formula is C19H23N5OS2. The van der Waals surface area contributed by atoms with E-state index in [2.05, 4.69) is 10.2 Å². The molecule has 2 heterocycles. The van der Waals surface area contributed by atoms with Crippen LogP contribution in [0.25, 0.3) is 10.7 Å². The monoisotopic (exact) mass is 401 g/mol. The van der Waals surface area contributed by atoms with Gasteiger partial charge < -0.3 is 10.7 Å². The van der Waals surface area contributed by atoms with Crippen LogP contribution in [0.1, 0.15) is 26.3 Å². The van der Waals surface area contributed by atoms with Gasteiger partial charge in [0.15, 0.2) is 5.82 Å². The van der Waals surface area contributed by atoms with Crippen LogP contribution in [0.5, 0.6) is 0 Å². The minimum atomic E-state index is -0.286. The highest BCUT2D eigenvalue weighted by Crippen LogP contribution is 2.26. The Morgan fingerprint density at radius 1 is 1.19 bits per heavy atom. The van der Waals surface area contributed by atoms with Crippen molar-refractivity contribution >= 4 is 29.0 Å². The van der Waals surface area contributed by atoms with Crippen molar-refractivity contribution in [1.82, 2.24) is 19.8 Å². The average molecular weight is 402 g/mol. The van der Waals surface area contributed by atoms with Crippen molar-refractivity contribution in [3.8, 4) is 10.7 Å². The second-order valence-electron chi connectivity index (χ2n) is 7.08. The van der Waals surface area contributed by atoms with Crippen LogP contribution in [0, 0.1) is 0 Å². The number of carbonyl (C=O) groups is 1. The molecule has 0 unspecified atom stereocenters. The maximum atomic E-state index is 12.9. The van der Waals surface area contributed by atoms with E-state index in [-0.39, 0.29) is 17.2 Å². The minimum absolute atomic E-state index is 0.0389. The highest BCUT2D eigenvalue weighted by Gasteiger charge is 2.27. The quantitative estimate of drug-likeness (QED) is 0.504. The Labute approximate surface area is 167 Å². The third-order valence-electron chi connectivity index (χ3n) is 4.03. The molecule has 0 atom stereocenters. The fraction of sp³-hybridized carbons (Fsp3) is 0.316. The van der Waals surface area contributed by atoms with Crippen LogP contribution in [-0.4, -0.2) is 37.0 Å². The van der Waals surface area contributed by atoms with Gasteiger partial charge in [0.1, 0.15) is 0 Å². The smallest absolute Gasteiger partial charge is 0.233 e. The third kappa shape index (κ3) is 4.70. The van der Waals surface area contributed by atoms with Crippen molar-refractivity contribution in [3.63, 3.8) is 0 Å². The molecule has 142 valence electrons. The van der Waals surface area contributed by atoms with Crippen molar-refractivity contribution in [2.24, 2.45) is 0 Å². The number of amides is 1. The number of nitrogens with two attached hydrogens (primary N) is 1. The highest BCUT2D eigenvalue weighted by molar-refractivity contribution is 7.99. The zero-order chi connectivity index (χ0) is 19.4. The van der Waals surface area contributed by atoms with E-state index in [1.54, 1.807) is 11.3 Å². The van der Waals surface area contributed by atoms with E-state index in [0.717, 1.165) is 10.4 Å². The van der Waals surface area contributed by atoms with Crippen molar-refractivity contribution in [2.75, 3.05) is 11.6 Å². The van der Waals surface area contributed by atoms with E-state index in [4.69, 9.17) is 5.84 Å². The van der Waals surface area contributed by atoms with E-state index in [0.29, 0.717) is 17.5 Å². The Kier molecular flexibility index (Phi) is 5.86. The van der Waals surface area contributed by atoms with Crippen molar-refractivity contribution < 1.29 is 4.79 Å². The largest absolute Gasteiger partial charge is 0.335 e. The number of aromatic nitrogens is 3. The van der Waals surface area contributed by atoms with Crippen molar-refractivity contribution in [1.29, 1.82) is 0 Å². The third-order valence-corrected chi connectivity index (χ3v) is 5.82. The number of carbonyl (C=O) groups excluding carboxylic acids is 1. The number of benzene rings is 1. The van der Waals surface area contributed by atoms with E-state index >= 15 is 0 Å². The molecule has 27 heavy (non-hydrogen) atoms. The van der Waals surface area contributed by atoms with Crippen LogP contribution >= 0.6 is 23.1 Å². The Bertz CT molecular complexity index is 885. The molecule has 0 spiro atoms. The molecule has 2 N–H and O–H groups in total. The molecule has 8 heteroatoms. The maximum absolute atomic E-state index is 12.9. The maximum Gasteiger partial charge on any atom is 0.233 e. The molecule has 3 rings (SSSR count). The van der Waals surface area contributed by atoms with Gasteiger partial charge >= 0.3 is 0 Å². The summed E-state index contributed by atoms with van der Waals surface area (Å²) in [6.45, 7) is 6.69. The van der Waals surface area contributed by atoms with Crippen LogP contribution in [0.15, 0.2) is 53.0 Å². The summed E-state index contributed by atoms with van der Waals surface area (Å²) < 4.78 is 1.45. The molecule has 0 fully saturated rings. The fourth-order valence-corrected chi connectivity index (χ4v) is 4.06. The molecule has 0 saturated carbocycles. The van der Waals surface area contributed by atoms with Crippen molar-refractivity contribution in [2.45, 2.75) is 38.0 Å². The second-order valence-corrected chi connectivity index (χ2v) is 8.97. The summed E-state index contributed by atoms with van der Waals surface area (Å²) in [4.78, 5) is 15.8. The van der Waals surface area contributed by atoms with Gasteiger partial charge in [-0.05, 0) is 37.8 Å². The van der Waals surface area contributed by atoms with Gasteiger partial charge in [-0.3, -0.25) is 4.79 Å². The molecule has 2 aromatic heterocycles. The molecule has 0 bridgehead atoms. The van der Waals surface area contributed by atoms with Gasteiger partial charge in [-0.25, -0.2) is 4.68 Å². The first kappa shape index (κ1) is 19.4. The summed E-state index contributed by atoms with van der Waals surface area (Å²) in [5.74, 6) is 7.02. The number of thiophene rings is 1. The average Bonchev–Trinajstić information content (AvgIpc) is 3.27. The van der Waals surface area contributed by atoms with E-state index in [9.17, 15) is 4.79 Å². The Morgan fingerprint density at radius 3 is 2.56 bits per heavy atom. The number of hydrogen-bond acceptors (Lipinski definition) is 6. The first-order valence-electron chi connectivity index (χ1n) is 8.58. The first-order valence-corrected chi connectivity index (χ1v) is 10.4. The summed E-state index contributed by atoms with van der Waals surface area (Å²) in [6.07, 6.45) is 0. The molecule has 0 radical (unpaired) electrons. The molecule has 0 saturated heterocycles. The van der Waals surface area contributed by atoms with Gasteiger partial charge in [0.05, 0.1) is 10.6 Å². The van der Waals surface area contributed by atoms with Crippen LogP contribution in [0.4, 0.5) is 0 Å². The van der Waals surface area contributed by atoms with Gasteiger partial charge in [-0.2, -0.15) is 0 Å².